The third kappa shape index (κ3) is 5.50. The third-order valence-electron chi connectivity index (χ3n) is 3.07. The normalized spacial score (nSPS) is 14.2. The third-order valence-corrected chi connectivity index (χ3v) is 3.07. The molecule has 0 saturated heterocycles. The molecule has 0 aliphatic rings. The Labute approximate surface area is 111 Å². The highest BCUT2D eigenvalue weighted by Gasteiger charge is 2.07. The first-order valence-electron chi connectivity index (χ1n) is 7.01. The summed E-state index contributed by atoms with van der Waals surface area (Å²) in [6, 6.07) is 3.90. The smallest absolute Gasteiger partial charge is 0.213 e. The lowest BCUT2D eigenvalue weighted by Crippen LogP contribution is -2.13. The number of hydrogen-bond donors (Lipinski definition) is 1. The lowest BCUT2D eigenvalue weighted by atomic mass is 10.1. The van der Waals surface area contributed by atoms with Gasteiger partial charge >= 0.3 is 0 Å². The molecular formula is C15H26N2O. The van der Waals surface area contributed by atoms with Crippen LogP contribution >= 0.6 is 0 Å². The molecule has 0 radical (unpaired) electrons. The van der Waals surface area contributed by atoms with Gasteiger partial charge in [-0.1, -0.05) is 26.2 Å². The van der Waals surface area contributed by atoms with E-state index in [1.54, 1.807) is 6.20 Å². The maximum atomic E-state index is 5.84. The second-order valence-corrected chi connectivity index (χ2v) is 4.99. The lowest BCUT2D eigenvalue weighted by molar-refractivity contribution is 0.198. The maximum absolute atomic E-state index is 5.84. The molecule has 0 bridgehead atoms. The number of nitrogens with two attached hydrogens (primary N) is 1. The Hall–Kier alpha value is -1.09. The van der Waals surface area contributed by atoms with Crippen LogP contribution in [0.25, 0.3) is 0 Å². The van der Waals surface area contributed by atoms with Gasteiger partial charge in [-0.15, -0.1) is 0 Å². The van der Waals surface area contributed by atoms with E-state index in [9.17, 15) is 0 Å². The van der Waals surface area contributed by atoms with Gasteiger partial charge in [-0.25, -0.2) is 4.98 Å². The first-order chi connectivity index (χ1) is 8.63. The molecule has 18 heavy (non-hydrogen) atoms. The van der Waals surface area contributed by atoms with Crippen LogP contribution in [-0.4, -0.2) is 11.1 Å². The summed E-state index contributed by atoms with van der Waals surface area (Å²) in [4.78, 5) is 4.23. The van der Waals surface area contributed by atoms with Gasteiger partial charge in [0.05, 0.1) is 6.10 Å². The van der Waals surface area contributed by atoms with Crippen molar-refractivity contribution in [3.8, 4) is 5.88 Å². The molecule has 102 valence electrons. The average molecular weight is 250 g/mol. The van der Waals surface area contributed by atoms with Crippen molar-refractivity contribution >= 4 is 0 Å². The second kappa shape index (κ2) is 8.09. The molecule has 0 aliphatic heterocycles. The van der Waals surface area contributed by atoms with Crippen molar-refractivity contribution in [2.24, 2.45) is 5.73 Å². The van der Waals surface area contributed by atoms with Crippen LogP contribution in [0.15, 0.2) is 18.3 Å². The van der Waals surface area contributed by atoms with Gasteiger partial charge in [-0.3, -0.25) is 0 Å². The van der Waals surface area contributed by atoms with E-state index in [2.05, 4.69) is 18.8 Å². The molecule has 0 aliphatic carbocycles. The minimum absolute atomic E-state index is 0.0233. The zero-order chi connectivity index (χ0) is 13.4. The van der Waals surface area contributed by atoms with Crippen molar-refractivity contribution in [2.75, 3.05) is 0 Å². The van der Waals surface area contributed by atoms with Crippen LogP contribution in [0.1, 0.15) is 64.5 Å². The van der Waals surface area contributed by atoms with Crippen molar-refractivity contribution in [3.63, 3.8) is 0 Å². The van der Waals surface area contributed by atoms with Crippen LogP contribution in [0.2, 0.25) is 0 Å². The van der Waals surface area contributed by atoms with E-state index in [1.165, 1.54) is 25.7 Å². The fraction of sp³-hybridized carbons (Fsp3) is 0.667. The Morgan fingerprint density at radius 1 is 1.28 bits per heavy atom. The summed E-state index contributed by atoms with van der Waals surface area (Å²) >= 11 is 0. The van der Waals surface area contributed by atoms with Gasteiger partial charge in [0.1, 0.15) is 0 Å². The molecule has 1 rings (SSSR count). The summed E-state index contributed by atoms with van der Waals surface area (Å²) in [5.41, 5.74) is 6.91. The molecule has 0 aromatic carbocycles. The molecule has 2 N–H and O–H groups in total. The van der Waals surface area contributed by atoms with Gasteiger partial charge in [0.25, 0.3) is 0 Å². The first-order valence-corrected chi connectivity index (χ1v) is 7.01. The van der Waals surface area contributed by atoms with Crippen molar-refractivity contribution in [1.29, 1.82) is 0 Å². The molecule has 2 atom stereocenters. The van der Waals surface area contributed by atoms with E-state index in [0.29, 0.717) is 5.88 Å². The van der Waals surface area contributed by atoms with Crippen molar-refractivity contribution in [3.05, 3.63) is 23.9 Å². The van der Waals surface area contributed by atoms with Crippen LogP contribution in [0.5, 0.6) is 5.88 Å². The highest BCUT2D eigenvalue weighted by atomic mass is 16.5. The summed E-state index contributed by atoms with van der Waals surface area (Å²) in [7, 11) is 0. The zero-order valence-electron chi connectivity index (χ0n) is 11.9. The first kappa shape index (κ1) is 15.0. The number of hydrogen-bond acceptors (Lipinski definition) is 3. The fourth-order valence-electron chi connectivity index (χ4n) is 1.90. The predicted octanol–water partition coefficient (Wildman–Crippen LogP) is 3.84. The van der Waals surface area contributed by atoms with Crippen LogP contribution < -0.4 is 10.5 Å². The molecule has 0 fully saturated rings. The molecule has 0 saturated carbocycles. The molecule has 2 unspecified atom stereocenters. The highest BCUT2D eigenvalue weighted by molar-refractivity contribution is 5.22. The Balaban J connectivity index is 2.39. The van der Waals surface area contributed by atoms with Crippen LogP contribution in [-0.2, 0) is 0 Å². The molecule has 3 heteroatoms. The molecule has 0 spiro atoms. The van der Waals surface area contributed by atoms with Crippen LogP contribution in [0, 0.1) is 0 Å². The average Bonchev–Trinajstić information content (AvgIpc) is 2.35. The standard InChI is InChI=1S/C15H26N2O/c1-4-5-6-7-8-12(2)18-15-11-14(13(3)16)9-10-17-15/h9-13H,4-8,16H2,1-3H3. The fourth-order valence-corrected chi connectivity index (χ4v) is 1.90. The summed E-state index contributed by atoms with van der Waals surface area (Å²) in [5.74, 6) is 0.688. The quantitative estimate of drug-likeness (QED) is 0.713. The van der Waals surface area contributed by atoms with Gasteiger partial charge in [0.2, 0.25) is 5.88 Å². The maximum Gasteiger partial charge on any atom is 0.213 e. The number of aromatic nitrogens is 1. The number of nitrogens with zero attached hydrogens (tertiary/aromatic N) is 1. The minimum atomic E-state index is 0.0233. The van der Waals surface area contributed by atoms with E-state index in [-0.39, 0.29) is 12.1 Å². The molecule has 3 nitrogen and oxygen atoms in total. The molecule has 1 heterocycles. The largest absolute Gasteiger partial charge is 0.475 e. The van der Waals surface area contributed by atoms with Crippen molar-refractivity contribution in [1.82, 2.24) is 4.98 Å². The van der Waals surface area contributed by atoms with Gasteiger partial charge in [-0.05, 0) is 38.3 Å². The highest BCUT2D eigenvalue weighted by Crippen LogP contribution is 2.17. The number of unbranched alkanes of at least 4 members (excludes halogenated alkanes) is 3. The van der Waals surface area contributed by atoms with E-state index in [4.69, 9.17) is 10.5 Å². The minimum Gasteiger partial charge on any atom is -0.475 e. The number of pyridine rings is 1. The Kier molecular flexibility index (Phi) is 6.73. The monoisotopic (exact) mass is 250 g/mol. The van der Waals surface area contributed by atoms with E-state index >= 15 is 0 Å². The number of ether oxygens (including phenoxy) is 1. The van der Waals surface area contributed by atoms with Gasteiger partial charge in [0.15, 0.2) is 0 Å². The van der Waals surface area contributed by atoms with E-state index in [0.717, 1.165) is 12.0 Å². The van der Waals surface area contributed by atoms with Crippen LogP contribution in [0.3, 0.4) is 0 Å². The van der Waals surface area contributed by atoms with Crippen molar-refractivity contribution < 1.29 is 4.74 Å². The Bertz CT molecular complexity index is 339. The summed E-state index contributed by atoms with van der Waals surface area (Å²) in [6.07, 6.45) is 8.16. The molecule has 0 amide bonds. The SMILES string of the molecule is CCCCCCC(C)Oc1cc(C(C)N)ccn1. The summed E-state index contributed by atoms with van der Waals surface area (Å²) < 4.78 is 5.82. The zero-order valence-corrected chi connectivity index (χ0v) is 11.9. The summed E-state index contributed by atoms with van der Waals surface area (Å²) in [6.45, 7) is 6.29. The van der Waals surface area contributed by atoms with Crippen molar-refractivity contribution in [2.45, 2.75) is 65.0 Å². The Morgan fingerprint density at radius 2 is 2.06 bits per heavy atom. The Morgan fingerprint density at radius 3 is 2.72 bits per heavy atom. The number of rotatable bonds is 8. The van der Waals surface area contributed by atoms with Gasteiger partial charge < -0.3 is 10.5 Å². The molecular weight excluding hydrogens is 224 g/mol. The topological polar surface area (TPSA) is 48.1 Å². The van der Waals surface area contributed by atoms with E-state index in [1.807, 2.05) is 19.1 Å². The van der Waals surface area contributed by atoms with Gasteiger partial charge in [-0.2, -0.15) is 0 Å². The predicted molar refractivity (Wildman–Crippen MR) is 75.7 cm³/mol. The van der Waals surface area contributed by atoms with E-state index < -0.39 is 0 Å². The molecule has 1 aromatic heterocycles. The summed E-state index contributed by atoms with van der Waals surface area (Å²) in [5, 5.41) is 0. The van der Waals surface area contributed by atoms with Crippen LogP contribution in [0.4, 0.5) is 0 Å². The lowest BCUT2D eigenvalue weighted by Gasteiger charge is -2.15. The van der Waals surface area contributed by atoms with Gasteiger partial charge in [0, 0.05) is 18.3 Å². The molecule has 1 aromatic rings. The second-order valence-electron chi connectivity index (χ2n) is 4.99.